The number of amides is 2. The highest BCUT2D eigenvalue weighted by atomic mass is 16.2. The zero-order valence-electron chi connectivity index (χ0n) is 16.6. The van der Waals surface area contributed by atoms with Crippen molar-refractivity contribution in [3.8, 4) is 0 Å². The van der Waals surface area contributed by atoms with Gasteiger partial charge in [0.1, 0.15) is 0 Å². The zero-order valence-corrected chi connectivity index (χ0v) is 16.6. The van der Waals surface area contributed by atoms with E-state index in [9.17, 15) is 14.4 Å². The van der Waals surface area contributed by atoms with Gasteiger partial charge in [0.05, 0.1) is 6.42 Å². The number of nitrogens with zero attached hydrogens (tertiary/aromatic N) is 1. The molecule has 1 heterocycles. The fourth-order valence-corrected chi connectivity index (χ4v) is 3.78. The van der Waals surface area contributed by atoms with Crippen LogP contribution in [-0.2, 0) is 29.0 Å². The highest BCUT2D eigenvalue weighted by Crippen LogP contribution is 2.39. The Morgan fingerprint density at radius 3 is 2.50 bits per heavy atom. The molecule has 6 heteroatoms. The molecule has 3 N–H and O–H groups in total. The average molecular weight is 361 g/mol. The molecule has 0 spiro atoms. The van der Waals surface area contributed by atoms with Crippen molar-refractivity contribution in [1.29, 1.82) is 0 Å². The van der Waals surface area contributed by atoms with Crippen LogP contribution in [0.2, 0.25) is 0 Å². The van der Waals surface area contributed by atoms with Gasteiger partial charge < -0.3 is 15.6 Å². The zero-order chi connectivity index (χ0) is 19.6. The fourth-order valence-electron chi connectivity index (χ4n) is 3.78. The second-order valence-electron chi connectivity index (χ2n) is 8.57. The minimum atomic E-state index is -0.445. The predicted octanol–water partition coefficient (Wildman–Crippen LogP) is 2.14. The maximum absolute atomic E-state index is 12.9. The maximum Gasteiger partial charge on any atom is 0.224 e. The van der Waals surface area contributed by atoms with E-state index in [1.54, 1.807) is 0 Å². The van der Waals surface area contributed by atoms with E-state index in [0.717, 1.165) is 35.5 Å². The van der Waals surface area contributed by atoms with E-state index in [4.69, 9.17) is 5.73 Å². The van der Waals surface area contributed by atoms with Crippen LogP contribution in [0.5, 0.6) is 0 Å². The van der Waals surface area contributed by atoms with Crippen LogP contribution in [-0.4, -0.2) is 28.7 Å². The fraction of sp³-hybridized carbons (Fsp3) is 0.650. The van der Waals surface area contributed by atoms with E-state index in [1.165, 1.54) is 0 Å². The van der Waals surface area contributed by atoms with Gasteiger partial charge in [-0.25, -0.2) is 0 Å². The van der Waals surface area contributed by atoms with E-state index in [0.29, 0.717) is 12.3 Å². The van der Waals surface area contributed by atoms with E-state index in [1.807, 2.05) is 6.92 Å². The Morgan fingerprint density at radius 2 is 1.92 bits per heavy atom. The van der Waals surface area contributed by atoms with E-state index < -0.39 is 5.91 Å². The van der Waals surface area contributed by atoms with E-state index in [-0.39, 0.29) is 36.5 Å². The molecule has 0 aromatic carbocycles. The number of nitrogens with one attached hydrogen (secondary N) is 1. The van der Waals surface area contributed by atoms with Crippen LogP contribution in [0, 0.1) is 18.3 Å². The molecule has 0 saturated carbocycles. The summed E-state index contributed by atoms with van der Waals surface area (Å²) in [4.78, 5) is 36.0. The number of carbonyl (C=O) groups is 3. The molecule has 1 aromatic heterocycles. The van der Waals surface area contributed by atoms with Gasteiger partial charge in [0.25, 0.3) is 0 Å². The van der Waals surface area contributed by atoms with Crippen molar-refractivity contribution in [2.45, 2.75) is 66.8 Å². The molecule has 1 aliphatic carbocycles. The Bertz CT molecular complexity index is 729. The smallest absolute Gasteiger partial charge is 0.224 e. The summed E-state index contributed by atoms with van der Waals surface area (Å²) in [5.74, 6) is -0.0554. The van der Waals surface area contributed by atoms with Crippen molar-refractivity contribution in [3.63, 3.8) is 0 Å². The molecule has 2 rings (SSSR count). The molecule has 0 aliphatic heterocycles. The van der Waals surface area contributed by atoms with Crippen LogP contribution in [0.4, 0.5) is 0 Å². The Hall–Kier alpha value is -2.11. The molecule has 0 saturated heterocycles. The molecule has 1 aliphatic rings. The van der Waals surface area contributed by atoms with Gasteiger partial charge in [-0.1, -0.05) is 27.7 Å². The van der Waals surface area contributed by atoms with Gasteiger partial charge >= 0.3 is 0 Å². The van der Waals surface area contributed by atoms with Crippen LogP contribution in [0.1, 0.15) is 67.8 Å². The lowest BCUT2D eigenvalue weighted by molar-refractivity contribution is -0.120. The predicted molar refractivity (Wildman–Crippen MR) is 101 cm³/mol. The first-order valence-electron chi connectivity index (χ1n) is 9.31. The second kappa shape index (κ2) is 7.64. The number of hydrogen-bond donors (Lipinski definition) is 2. The lowest BCUT2D eigenvalue weighted by Gasteiger charge is -2.30. The third-order valence-corrected chi connectivity index (χ3v) is 4.90. The standard InChI is InChI=1S/C20H31N3O3/c1-12(2)11-23-13(3)14(8-18(26)22-7-6-17(21)25)19-15(23)9-20(4,5)10-16(19)24/h12H,6-11H2,1-5H3,(H2,21,25)(H,22,26). The second-order valence-corrected chi connectivity index (χ2v) is 8.57. The molecule has 0 fully saturated rings. The largest absolute Gasteiger partial charge is 0.370 e. The first-order valence-corrected chi connectivity index (χ1v) is 9.31. The third kappa shape index (κ3) is 4.54. The van der Waals surface area contributed by atoms with Crippen molar-refractivity contribution in [2.24, 2.45) is 17.1 Å². The van der Waals surface area contributed by atoms with Crippen molar-refractivity contribution in [2.75, 3.05) is 6.54 Å². The van der Waals surface area contributed by atoms with Crippen LogP contribution in [0.3, 0.4) is 0 Å². The molecule has 144 valence electrons. The minimum absolute atomic E-state index is 0.0649. The molecule has 2 amide bonds. The van der Waals surface area contributed by atoms with E-state index >= 15 is 0 Å². The average Bonchev–Trinajstić information content (AvgIpc) is 2.70. The number of Topliss-reactive ketones (excluding diaryl/α,β-unsaturated/α-hetero) is 1. The van der Waals surface area contributed by atoms with Crippen LogP contribution < -0.4 is 11.1 Å². The van der Waals surface area contributed by atoms with Gasteiger partial charge in [-0.05, 0) is 30.2 Å². The number of ketones is 1. The molecule has 0 radical (unpaired) electrons. The number of primary amides is 1. The summed E-state index contributed by atoms with van der Waals surface area (Å²) in [6.45, 7) is 11.6. The Morgan fingerprint density at radius 1 is 1.27 bits per heavy atom. The summed E-state index contributed by atoms with van der Waals surface area (Å²) in [5.41, 5.74) is 8.68. The first kappa shape index (κ1) is 20.2. The van der Waals surface area contributed by atoms with Gasteiger partial charge in [0.2, 0.25) is 11.8 Å². The highest BCUT2D eigenvalue weighted by Gasteiger charge is 2.37. The van der Waals surface area contributed by atoms with Gasteiger partial charge in [-0.2, -0.15) is 0 Å². The van der Waals surface area contributed by atoms with Crippen LogP contribution in [0.15, 0.2) is 0 Å². The molecule has 1 aromatic rings. The van der Waals surface area contributed by atoms with Gasteiger partial charge in [-0.3, -0.25) is 14.4 Å². The number of nitrogens with two attached hydrogens (primary N) is 1. The number of carbonyl (C=O) groups excluding carboxylic acids is 3. The van der Waals surface area contributed by atoms with Crippen molar-refractivity contribution in [3.05, 3.63) is 22.5 Å². The first-order chi connectivity index (χ1) is 12.0. The Kier molecular flexibility index (Phi) is 5.94. The monoisotopic (exact) mass is 361 g/mol. The van der Waals surface area contributed by atoms with Crippen LogP contribution in [0.25, 0.3) is 0 Å². The van der Waals surface area contributed by atoms with Gasteiger partial charge in [-0.15, -0.1) is 0 Å². The molecule has 26 heavy (non-hydrogen) atoms. The summed E-state index contributed by atoms with van der Waals surface area (Å²) < 4.78 is 2.23. The molecular weight excluding hydrogens is 330 g/mol. The maximum atomic E-state index is 12.9. The lowest BCUT2D eigenvalue weighted by Crippen LogP contribution is -2.31. The SMILES string of the molecule is Cc1c(CC(=O)NCCC(N)=O)c2c(n1CC(C)C)CC(C)(C)CC2=O. The number of aromatic nitrogens is 1. The quantitative estimate of drug-likeness (QED) is 0.779. The molecule has 0 bridgehead atoms. The van der Waals surface area contributed by atoms with E-state index in [2.05, 4.69) is 37.6 Å². The third-order valence-electron chi connectivity index (χ3n) is 4.90. The highest BCUT2D eigenvalue weighted by molar-refractivity contribution is 6.01. The molecule has 0 unspecified atom stereocenters. The topological polar surface area (TPSA) is 94.2 Å². The molecule has 6 nitrogen and oxygen atoms in total. The van der Waals surface area contributed by atoms with Crippen molar-refractivity contribution < 1.29 is 14.4 Å². The summed E-state index contributed by atoms with van der Waals surface area (Å²) in [5, 5.41) is 2.72. The van der Waals surface area contributed by atoms with Crippen molar-refractivity contribution in [1.82, 2.24) is 9.88 Å². The lowest BCUT2D eigenvalue weighted by atomic mass is 9.75. The van der Waals surface area contributed by atoms with Crippen LogP contribution >= 0.6 is 0 Å². The van der Waals surface area contributed by atoms with Crippen molar-refractivity contribution >= 4 is 17.6 Å². The molecule has 0 atom stereocenters. The van der Waals surface area contributed by atoms with Gasteiger partial charge in [0, 0.05) is 42.9 Å². The molecular formula is C20H31N3O3. The summed E-state index contributed by atoms with van der Waals surface area (Å²) >= 11 is 0. The number of fused-ring (bicyclic) bond motifs is 1. The number of rotatable bonds is 7. The Labute approximate surface area is 155 Å². The Balaban J connectivity index is 2.34. The normalized spacial score (nSPS) is 15.8. The summed E-state index contributed by atoms with van der Waals surface area (Å²) in [6.07, 6.45) is 1.61. The minimum Gasteiger partial charge on any atom is -0.370 e. The summed E-state index contributed by atoms with van der Waals surface area (Å²) in [6, 6.07) is 0. The number of hydrogen-bond acceptors (Lipinski definition) is 3. The summed E-state index contributed by atoms with van der Waals surface area (Å²) in [7, 11) is 0. The van der Waals surface area contributed by atoms with Gasteiger partial charge in [0.15, 0.2) is 5.78 Å².